The molecular weight excluding hydrogens is 374 g/mol. The van der Waals surface area contributed by atoms with Gasteiger partial charge in [0.15, 0.2) is 11.7 Å². The van der Waals surface area contributed by atoms with Crippen molar-refractivity contribution in [1.82, 2.24) is 10.3 Å². The largest absolute Gasteiger partial charge is 0.484 e. The average Bonchev–Trinajstić information content (AvgIpc) is 3.14. The van der Waals surface area contributed by atoms with Gasteiger partial charge in [0, 0.05) is 24.4 Å². The molecule has 0 aliphatic heterocycles. The summed E-state index contributed by atoms with van der Waals surface area (Å²) < 4.78 is 5.47. The molecule has 2 amide bonds. The summed E-state index contributed by atoms with van der Waals surface area (Å²) in [5.41, 5.74) is 3.87. The third-order valence-corrected chi connectivity index (χ3v) is 4.69. The molecule has 3 rings (SSSR count). The minimum Gasteiger partial charge on any atom is -0.484 e. The van der Waals surface area contributed by atoms with Crippen LogP contribution < -0.4 is 15.4 Å². The number of thiazole rings is 1. The maximum absolute atomic E-state index is 12.1. The van der Waals surface area contributed by atoms with E-state index in [4.69, 9.17) is 4.74 Å². The zero-order valence-corrected chi connectivity index (χ0v) is 16.5. The lowest BCUT2D eigenvalue weighted by Crippen LogP contribution is -2.20. The van der Waals surface area contributed by atoms with Gasteiger partial charge in [-0.15, -0.1) is 11.3 Å². The Morgan fingerprint density at radius 2 is 1.79 bits per heavy atom. The summed E-state index contributed by atoms with van der Waals surface area (Å²) in [7, 11) is 0. The number of amides is 2. The molecule has 0 saturated carbocycles. The second-order valence-electron chi connectivity index (χ2n) is 6.29. The number of hydrogen-bond donors (Lipinski definition) is 2. The van der Waals surface area contributed by atoms with Crippen molar-refractivity contribution < 1.29 is 14.3 Å². The van der Waals surface area contributed by atoms with E-state index in [0.29, 0.717) is 17.4 Å². The van der Waals surface area contributed by atoms with Gasteiger partial charge in [0.25, 0.3) is 5.91 Å². The Balaban J connectivity index is 1.53. The van der Waals surface area contributed by atoms with Crippen molar-refractivity contribution in [2.45, 2.75) is 20.4 Å². The zero-order chi connectivity index (χ0) is 19.9. The maximum Gasteiger partial charge on any atom is 0.264 e. The van der Waals surface area contributed by atoms with Crippen LogP contribution >= 0.6 is 11.3 Å². The number of ether oxygens (including phenoxy) is 1. The van der Waals surface area contributed by atoms with E-state index in [2.05, 4.69) is 15.6 Å². The Bertz CT molecular complexity index is 950. The highest BCUT2D eigenvalue weighted by molar-refractivity contribution is 7.14. The van der Waals surface area contributed by atoms with E-state index >= 15 is 0 Å². The van der Waals surface area contributed by atoms with Gasteiger partial charge < -0.3 is 10.1 Å². The first-order chi connectivity index (χ1) is 13.5. The van der Waals surface area contributed by atoms with Crippen molar-refractivity contribution in [1.29, 1.82) is 0 Å². The van der Waals surface area contributed by atoms with Crippen molar-refractivity contribution in [3.05, 3.63) is 65.0 Å². The number of rotatable bonds is 7. The number of nitrogens with zero attached hydrogens (tertiary/aromatic N) is 1. The van der Waals surface area contributed by atoms with E-state index < -0.39 is 0 Å². The summed E-state index contributed by atoms with van der Waals surface area (Å²) in [6.45, 7) is 3.91. The third-order valence-electron chi connectivity index (χ3n) is 3.93. The van der Waals surface area contributed by atoms with Crippen LogP contribution in [0, 0.1) is 6.92 Å². The van der Waals surface area contributed by atoms with Gasteiger partial charge in [0.05, 0.1) is 5.69 Å². The van der Waals surface area contributed by atoms with Crippen LogP contribution in [0.15, 0.2) is 53.9 Å². The van der Waals surface area contributed by atoms with Crippen LogP contribution in [0.3, 0.4) is 0 Å². The quantitative estimate of drug-likeness (QED) is 0.638. The molecule has 0 saturated heterocycles. The second-order valence-corrected chi connectivity index (χ2v) is 7.15. The molecule has 0 unspecified atom stereocenters. The molecule has 7 heteroatoms. The Labute approximate surface area is 167 Å². The highest BCUT2D eigenvalue weighted by Crippen LogP contribution is 2.25. The van der Waals surface area contributed by atoms with E-state index in [0.717, 1.165) is 22.4 Å². The van der Waals surface area contributed by atoms with Crippen molar-refractivity contribution in [3.63, 3.8) is 0 Å². The first kappa shape index (κ1) is 19.6. The van der Waals surface area contributed by atoms with Crippen LogP contribution in [-0.4, -0.2) is 23.4 Å². The van der Waals surface area contributed by atoms with Gasteiger partial charge in [-0.05, 0) is 24.6 Å². The van der Waals surface area contributed by atoms with Gasteiger partial charge in [0.1, 0.15) is 5.75 Å². The number of carbonyl (C=O) groups is 2. The summed E-state index contributed by atoms with van der Waals surface area (Å²) >= 11 is 1.36. The predicted molar refractivity (Wildman–Crippen MR) is 110 cm³/mol. The fourth-order valence-electron chi connectivity index (χ4n) is 2.42. The number of anilines is 1. The van der Waals surface area contributed by atoms with Gasteiger partial charge in [-0.2, -0.15) is 0 Å². The molecule has 0 aliphatic carbocycles. The summed E-state index contributed by atoms with van der Waals surface area (Å²) in [6.07, 6.45) is 0. The normalized spacial score (nSPS) is 10.4. The number of benzene rings is 2. The molecule has 6 nitrogen and oxygen atoms in total. The van der Waals surface area contributed by atoms with E-state index in [9.17, 15) is 9.59 Å². The molecule has 0 fully saturated rings. The lowest BCUT2D eigenvalue weighted by molar-refractivity contribution is -0.119. The summed E-state index contributed by atoms with van der Waals surface area (Å²) in [5.74, 6) is 0.336. The maximum atomic E-state index is 12.1. The van der Waals surface area contributed by atoms with Gasteiger partial charge >= 0.3 is 0 Å². The molecule has 0 spiro atoms. The van der Waals surface area contributed by atoms with Gasteiger partial charge in [-0.25, -0.2) is 4.98 Å². The van der Waals surface area contributed by atoms with E-state index in [-0.39, 0.29) is 18.4 Å². The molecule has 0 atom stereocenters. The lowest BCUT2D eigenvalue weighted by Gasteiger charge is -2.06. The highest BCUT2D eigenvalue weighted by atomic mass is 32.1. The van der Waals surface area contributed by atoms with Crippen LogP contribution in [0.25, 0.3) is 11.3 Å². The fourth-order valence-corrected chi connectivity index (χ4v) is 3.16. The topological polar surface area (TPSA) is 80.3 Å². The number of aromatic nitrogens is 1. The first-order valence-corrected chi connectivity index (χ1v) is 9.66. The molecule has 0 bridgehead atoms. The van der Waals surface area contributed by atoms with Crippen LogP contribution in [-0.2, 0) is 16.1 Å². The monoisotopic (exact) mass is 395 g/mol. The molecule has 144 valence electrons. The molecule has 0 aliphatic rings. The molecule has 1 aromatic heterocycles. The number of aryl methyl sites for hydroxylation is 1. The molecule has 3 aromatic rings. The minimum absolute atomic E-state index is 0.0599. The highest BCUT2D eigenvalue weighted by Gasteiger charge is 2.09. The van der Waals surface area contributed by atoms with Gasteiger partial charge in [-0.3, -0.25) is 14.9 Å². The Kier molecular flexibility index (Phi) is 6.39. The standard InChI is InChI=1S/C21H21N3O3S/c1-14-3-9-18(10-4-14)27-12-20(26)24-21-23-19(13-28-21)17-7-5-16(6-8-17)11-22-15(2)25/h3-10,13H,11-12H2,1-2H3,(H,22,25)(H,23,24,26). The molecule has 0 radical (unpaired) electrons. The molecule has 28 heavy (non-hydrogen) atoms. The van der Waals surface area contributed by atoms with Crippen LogP contribution in [0.4, 0.5) is 5.13 Å². The predicted octanol–water partition coefficient (Wildman–Crippen LogP) is 3.77. The van der Waals surface area contributed by atoms with Crippen molar-refractivity contribution in [2.24, 2.45) is 0 Å². The Hall–Kier alpha value is -3.19. The summed E-state index contributed by atoms with van der Waals surface area (Å²) in [5, 5.41) is 7.93. The number of carbonyl (C=O) groups excluding carboxylic acids is 2. The minimum atomic E-state index is -0.257. The van der Waals surface area contributed by atoms with E-state index in [1.807, 2.05) is 60.8 Å². The summed E-state index contributed by atoms with van der Waals surface area (Å²) in [4.78, 5) is 27.5. The zero-order valence-electron chi connectivity index (χ0n) is 15.7. The van der Waals surface area contributed by atoms with Crippen LogP contribution in [0.5, 0.6) is 5.75 Å². The summed E-state index contributed by atoms with van der Waals surface area (Å²) in [6, 6.07) is 15.3. The molecular formula is C21H21N3O3S. The lowest BCUT2D eigenvalue weighted by atomic mass is 10.1. The Morgan fingerprint density at radius 3 is 2.46 bits per heavy atom. The number of nitrogens with one attached hydrogen (secondary N) is 2. The average molecular weight is 395 g/mol. The molecule has 2 N–H and O–H groups in total. The smallest absolute Gasteiger partial charge is 0.264 e. The van der Waals surface area contributed by atoms with Gasteiger partial charge in [-0.1, -0.05) is 42.0 Å². The number of hydrogen-bond acceptors (Lipinski definition) is 5. The van der Waals surface area contributed by atoms with Crippen molar-refractivity contribution >= 4 is 28.3 Å². The fraction of sp³-hybridized carbons (Fsp3) is 0.190. The van der Waals surface area contributed by atoms with Crippen LogP contribution in [0.2, 0.25) is 0 Å². The van der Waals surface area contributed by atoms with Crippen molar-refractivity contribution in [3.8, 4) is 17.0 Å². The van der Waals surface area contributed by atoms with E-state index in [1.165, 1.54) is 18.3 Å². The van der Waals surface area contributed by atoms with E-state index in [1.54, 1.807) is 0 Å². The van der Waals surface area contributed by atoms with Crippen molar-refractivity contribution in [2.75, 3.05) is 11.9 Å². The first-order valence-electron chi connectivity index (χ1n) is 8.78. The van der Waals surface area contributed by atoms with Gasteiger partial charge in [0.2, 0.25) is 5.91 Å². The second kappa shape index (κ2) is 9.14. The molecule has 2 aromatic carbocycles. The SMILES string of the molecule is CC(=O)NCc1ccc(-c2csc(NC(=O)COc3ccc(C)cc3)n2)cc1. The van der Waals surface area contributed by atoms with Crippen LogP contribution in [0.1, 0.15) is 18.1 Å². The molecule has 1 heterocycles. The Morgan fingerprint density at radius 1 is 1.07 bits per heavy atom. The third kappa shape index (κ3) is 5.65.